The Kier molecular flexibility index (Phi) is 5.39. The van der Waals surface area contributed by atoms with Crippen LogP contribution >= 0.6 is 0 Å². The van der Waals surface area contributed by atoms with Gasteiger partial charge in [0.15, 0.2) is 0 Å². The van der Waals surface area contributed by atoms with Gasteiger partial charge < -0.3 is 9.47 Å². The van der Waals surface area contributed by atoms with Gasteiger partial charge in [0.2, 0.25) is 0 Å². The Morgan fingerprint density at radius 1 is 1.38 bits per heavy atom. The van der Waals surface area contributed by atoms with Crippen LogP contribution in [0, 0.1) is 5.41 Å². The first-order valence-electron chi connectivity index (χ1n) is 4.34. The minimum absolute atomic E-state index is 0.199. The molecule has 0 bridgehead atoms. The van der Waals surface area contributed by atoms with Crippen LogP contribution in [0.4, 0.5) is 0 Å². The highest BCUT2D eigenvalue weighted by atomic mass is 16.6. The van der Waals surface area contributed by atoms with Crippen molar-refractivity contribution in [3.05, 3.63) is 12.7 Å². The van der Waals surface area contributed by atoms with E-state index < -0.39 is 5.41 Å². The molecular weight excluding hydrogens is 168 g/mol. The van der Waals surface area contributed by atoms with Crippen LogP contribution in [0.1, 0.15) is 20.8 Å². The maximum Gasteiger partial charge on any atom is 0.311 e. The molecule has 0 amide bonds. The van der Waals surface area contributed by atoms with Crippen LogP contribution < -0.4 is 0 Å². The lowest BCUT2D eigenvalue weighted by Crippen LogP contribution is -2.24. The first kappa shape index (κ1) is 12.2. The van der Waals surface area contributed by atoms with Crippen LogP contribution in [-0.4, -0.2) is 25.8 Å². The van der Waals surface area contributed by atoms with Crippen LogP contribution in [0.5, 0.6) is 0 Å². The van der Waals surface area contributed by atoms with Gasteiger partial charge in [-0.2, -0.15) is 0 Å². The van der Waals surface area contributed by atoms with Crippen molar-refractivity contribution in [1.29, 1.82) is 0 Å². The molecular formula is C10H18O3. The highest BCUT2D eigenvalue weighted by Gasteiger charge is 2.22. The van der Waals surface area contributed by atoms with Crippen LogP contribution in [0.15, 0.2) is 12.7 Å². The van der Waals surface area contributed by atoms with Gasteiger partial charge in [0.25, 0.3) is 0 Å². The number of esters is 1. The van der Waals surface area contributed by atoms with E-state index in [0.29, 0.717) is 19.8 Å². The Balaban J connectivity index is 3.43. The van der Waals surface area contributed by atoms with Crippen LogP contribution in [0.25, 0.3) is 0 Å². The van der Waals surface area contributed by atoms with Crippen molar-refractivity contribution in [2.75, 3.05) is 19.8 Å². The molecule has 0 unspecified atom stereocenters. The summed E-state index contributed by atoms with van der Waals surface area (Å²) in [5.74, 6) is -0.199. The second-order valence-electron chi connectivity index (χ2n) is 3.75. The minimum Gasteiger partial charge on any atom is -0.463 e. The predicted octanol–water partition coefficient (Wildman–Crippen LogP) is 1.78. The van der Waals surface area contributed by atoms with Gasteiger partial charge in [-0.3, -0.25) is 4.79 Å². The summed E-state index contributed by atoms with van der Waals surface area (Å²) in [7, 11) is 0. The lowest BCUT2D eigenvalue weighted by atomic mass is 9.97. The molecule has 0 aromatic heterocycles. The Morgan fingerprint density at radius 2 is 2.00 bits per heavy atom. The average molecular weight is 186 g/mol. The van der Waals surface area contributed by atoms with Gasteiger partial charge in [0.1, 0.15) is 6.61 Å². The van der Waals surface area contributed by atoms with Crippen molar-refractivity contribution in [3.8, 4) is 0 Å². The highest BCUT2D eigenvalue weighted by molar-refractivity contribution is 5.75. The molecule has 3 nitrogen and oxygen atoms in total. The van der Waals surface area contributed by atoms with E-state index in [4.69, 9.17) is 9.47 Å². The van der Waals surface area contributed by atoms with Gasteiger partial charge in [0, 0.05) is 0 Å². The second kappa shape index (κ2) is 5.75. The lowest BCUT2D eigenvalue weighted by Gasteiger charge is -2.16. The molecule has 0 aromatic rings. The van der Waals surface area contributed by atoms with Crippen molar-refractivity contribution in [1.82, 2.24) is 0 Å². The fourth-order valence-corrected chi connectivity index (χ4v) is 0.576. The summed E-state index contributed by atoms with van der Waals surface area (Å²) in [5, 5.41) is 0. The number of rotatable bonds is 5. The molecule has 0 aliphatic carbocycles. The lowest BCUT2D eigenvalue weighted by molar-refractivity contribution is -0.154. The zero-order chi connectivity index (χ0) is 10.3. The van der Waals surface area contributed by atoms with Gasteiger partial charge in [-0.05, 0) is 20.8 Å². The first-order chi connectivity index (χ1) is 5.98. The summed E-state index contributed by atoms with van der Waals surface area (Å²) in [4.78, 5) is 11.2. The quantitative estimate of drug-likeness (QED) is 0.373. The van der Waals surface area contributed by atoms with E-state index in [2.05, 4.69) is 6.58 Å². The zero-order valence-electron chi connectivity index (χ0n) is 8.63. The molecule has 0 saturated heterocycles. The van der Waals surface area contributed by atoms with E-state index in [0.717, 1.165) is 0 Å². The third kappa shape index (κ3) is 6.34. The minimum atomic E-state index is -0.432. The molecule has 0 N–H and O–H groups in total. The molecule has 0 aliphatic heterocycles. The van der Waals surface area contributed by atoms with E-state index in [1.165, 1.54) is 0 Å². The maximum absolute atomic E-state index is 11.2. The molecule has 0 heterocycles. The molecule has 0 spiro atoms. The summed E-state index contributed by atoms with van der Waals surface area (Å²) in [6, 6.07) is 0. The molecule has 13 heavy (non-hydrogen) atoms. The summed E-state index contributed by atoms with van der Waals surface area (Å²) in [6.07, 6.45) is 1.66. The van der Waals surface area contributed by atoms with Gasteiger partial charge in [-0.1, -0.05) is 6.08 Å². The number of hydrogen-bond donors (Lipinski definition) is 0. The molecule has 0 fully saturated rings. The normalized spacial score (nSPS) is 11.0. The van der Waals surface area contributed by atoms with Crippen molar-refractivity contribution in [2.45, 2.75) is 20.8 Å². The van der Waals surface area contributed by atoms with E-state index in [-0.39, 0.29) is 5.97 Å². The molecule has 0 atom stereocenters. The molecule has 0 saturated carbocycles. The Hall–Kier alpha value is -0.830. The van der Waals surface area contributed by atoms with Gasteiger partial charge in [-0.25, -0.2) is 0 Å². The molecule has 3 heteroatoms. The van der Waals surface area contributed by atoms with Crippen molar-refractivity contribution in [2.24, 2.45) is 5.41 Å². The fourth-order valence-electron chi connectivity index (χ4n) is 0.576. The topological polar surface area (TPSA) is 35.5 Å². The summed E-state index contributed by atoms with van der Waals surface area (Å²) < 4.78 is 10.0. The third-order valence-corrected chi connectivity index (χ3v) is 1.31. The van der Waals surface area contributed by atoms with Gasteiger partial charge in [0.05, 0.1) is 18.6 Å². The van der Waals surface area contributed by atoms with Crippen molar-refractivity contribution >= 4 is 5.97 Å². The van der Waals surface area contributed by atoms with Crippen LogP contribution in [0.3, 0.4) is 0 Å². The molecule has 0 rings (SSSR count). The van der Waals surface area contributed by atoms with Crippen LogP contribution in [-0.2, 0) is 14.3 Å². The van der Waals surface area contributed by atoms with E-state index in [9.17, 15) is 4.79 Å². The molecule has 0 aliphatic rings. The molecule has 0 radical (unpaired) electrons. The SMILES string of the molecule is C=CCOCCOC(=O)C(C)(C)C. The van der Waals surface area contributed by atoms with E-state index >= 15 is 0 Å². The molecule has 0 aromatic carbocycles. The van der Waals surface area contributed by atoms with Crippen LogP contribution in [0.2, 0.25) is 0 Å². The fraction of sp³-hybridized carbons (Fsp3) is 0.700. The Bertz CT molecular complexity index is 167. The number of carbonyl (C=O) groups excluding carboxylic acids is 1. The second-order valence-corrected chi connectivity index (χ2v) is 3.75. The summed E-state index contributed by atoms with van der Waals surface area (Å²) >= 11 is 0. The first-order valence-corrected chi connectivity index (χ1v) is 4.34. The molecule has 76 valence electrons. The standard InChI is InChI=1S/C10H18O3/c1-5-6-12-7-8-13-9(11)10(2,3)4/h5H,1,6-8H2,2-4H3. The van der Waals surface area contributed by atoms with E-state index in [1.807, 2.05) is 20.8 Å². The third-order valence-electron chi connectivity index (χ3n) is 1.31. The summed E-state index contributed by atoms with van der Waals surface area (Å²) in [6.45, 7) is 10.2. The summed E-state index contributed by atoms with van der Waals surface area (Å²) in [5.41, 5.74) is -0.432. The smallest absolute Gasteiger partial charge is 0.311 e. The zero-order valence-corrected chi connectivity index (χ0v) is 8.63. The van der Waals surface area contributed by atoms with Crippen molar-refractivity contribution in [3.63, 3.8) is 0 Å². The number of carbonyl (C=O) groups is 1. The maximum atomic E-state index is 11.2. The Labute approximate surface area is 79.7 Å². The Morgan fingerprint density at radius 3 is 2.46 bits per heavy atom. The van der Waals surface area contributed by atoms with E-state index in [1.54, 1.807) is 6.08 Å². The predicted molar refractivity (Wildman–Crippen MR) is 51.4 cm³/mol. The van der Waals surface area contributed by atoms with Gasteiger partial charge in [-0.15, -0.1) is 6.58 Å². The highest BCUT2D eigenvalue weighted by Crippen LogP contribution is 2.14. The average Bonchev–Trinajstić information content (AvgIpc) is 2.02. The number of ether oxygens (including phenoxy) is 2. The number of hydrogen-bond acceptors (Lipinski definition) is 3. The van der Waals surface area contributed by atoms with Gasteiger partial charge >= 0.3 is 5.97 Å². The monoisotopic (exact) mass is 186 g/mol. The largest absolute Gasteiger partial charge is 0.463 e. The van der Waals surface area contributed by atoms with Crippen molar-refractivity contribution < 1.29 is 14.3 Å².